The van der Waals surface area contributed by atoms with Gasteiger partial charge in [0.1, 0.15) is 0 Å². The van der Waals surface area contributed by atoms with Gasteiger partial charge in [0.05, 0.1) is 0 Å². The summed E-state index contributed by atoms with van der Waals surface area (Å²) >= 11 is 1.83. The van der Waals surface area contributed by atoms with E-state index in [1.54, 1.807) is 0 Å². The second-order valence-electron chi connectivity index (χ2n) is 6.86. The second-order valence-corrected chi connectivity index (χ2v) is 7.86. The zero-order valence-electron chi connectivity index (χ0n) is 14.2. The third kappa shape index (κ3) is 4.55. The first kappa shape index (κ1) is 16.9. The summed E-state index contributed by atoms with van der Waals surface area (Å²) in [6.07, 6.45) is 5.59. The molecule has 0 spiro atoms. The van der Waals surface area contributed by atoms with E-state index in [1.165, 1.54) is 29.7 Å². The first-order chi connectivity index (χ1) is 11.3. The number of fused-ring (bicyclic) bond motifs is 1. The number of amides is 1. The fraction of sp³-hybridized carbons (Fsp3) is 0.722. The summed E-state index contributed by atoms with van der Waals surface area (Å²) in [4.78, 5) is 18.5. The lowest BCUT2D eigenvalue weighted by Crippen LogP contribution is -2.40. The largest absolute Gasteiger partial charge is 0.338 e. The van der Waals surface area contributed by atoms with Gasteiger partial charge in [0, 0.05) is 30.9 Å². The van der Waals surface area contributed by atoms with Gasteiger partial charge < -0.3 is 15.1 Å². The van der Waals surface area contributed by atoms with Crippen LogP contribution in [-0.2, 0) is 17.8 Å². The molecule has 23 heavy (non-hydrogen) atoms. The van der Waals surface area contributed by atoms with Crippen molar-refractivity contribution in [2.24, 2.45) is 5.92 Å². The molecule has 0 radical (unpaired) electrons. The van der Waals surface area contributed by atoms with Gasteiger partial charge in [0.15, 0.2) is 0 Å². The van der Waals surface area contributed by atoms with Crippen molar-refractivity contribution in [3.05, 3.63) is 21.9 Å². The summed E-state index contributed by atoms with van der Waals surface area (Å²) in [6, 6.07) is 2.18. The molecule has 1 N–H and O–H groups in total. The van der Waals surface area contributed by atoms with Crippen LogP contribution in [-0.4, -0.2) is 55.5 Å². The zero-order chi connectivity index (χ0) is 16.1. The minimum absolute atomic E-state index is 0.333. The molecule has 4 nitrogen and oxygen atoms in total. The van der Waals surface area contributed by atoms with Gasteiger partial charge in [0.2, 0.25) is 5.91 Å². The molecule has 5 heteroatoms. The summed E-state index contributed by atoms with van der Waals surface area (Å²) in [7, 11) is 2.03. The highest BCUT2D eigenvalue weighted by molar-refractivity contribution is 7.10. The van der Waals surface area contributed by atoms with Gasteiger partial charge in [-0.1, -0.05) is 0 Å². The number of nitrogens with one attached hydrogen (secondary N) is 1. The molecule has 3 heterocycles. The lowest BCUT2D eigenvalue weighted by Gasteiger charge is -2.33. The Labute approximate surface area is 143 Å². The quantitative estimate of drug-likeness (QED) is 0.867. The average Bonchev–Trinajstić information content (AvgIpc) is 3.06. The summed E-state index contributed by atoms with van der Waals surface area (Å²) in [5, 5.41) is 5.39. The highest BCUT2D eigenvalue weighted by Crippen LogP contribution is 2.24. The highest BCUT2D eigenvalue weighted by Gasteiger charge is 2.23. The van der Waals surface area contributed by atoms with E-state index in [2.05, 4.69) is 26.6 Å². The van der Waals surface area contributed by atoms with Gasteiger partial charge in [-0.05, 0) is 75.3 Å². The second kappa shape index (κ2) is 8.27. The summed E-state index contributed by atoms with van der Waals surface area (Å²) in [6.45, 7) is 6.11. The van der Waals surface area contributed by atoms with Crippen molar-refractivity contribution in [1.82, 2.24) is 15.1 Å². The predicted octanol–water partition coefficient (Wildman–Crippen LogP) is 2.34. The van der Waals surface area contributed by atoms with Crippen LogP contribution in [0.15, 0.2) is 11.4 Å². The van der Waals surface area contributed by atoms with Crippen LogP contribution in [0.4, 0.5) is 0 Å². The average molecular weight is 336 g/mol. The topological polar surface area (TPSA) is 35.6 Å². The van der Waals surface area contributed by atoms with Crippen LogP contribution in [0.1, 0.15) is 36.1 Å². The number of carbonyl (C=O) groups is 1. The molecule has 0 unspecified atom stereocenters. The van der Waals surface area contributed by atoms with Gasteiger partial charge in [-0.25, -0.2) is 0 Å². The molecule has 1 fully saturated rings. The fourth-order valence-corrected chi connectivity index (χ4v) is 4.61. The van der Waals surface area contributed by atoms with E-state index < -0.39 is 0 Å². The molecule has 1 saturated heterocycles. The molecule has 0 bridgehead atoms. The van der Waals surface area contributed by atoms with E-state index in [4.69, 9.17) is 0 Å². The molecule has 0 saturated carbocycles. The molecule has 0 aliphatic carbocycles. The minimum Gasteiger partial charge on any atom is -0.338 e. The first-order valence-electron chi connectivity index (χ1n) is 8.96. The van der Waals surface area contributed by atoms with E-state index in [-0.39, 0.29) is 0 Å². The maximum Gasteiger partial charge on any atom is 0.224 e. The third-order valence-electron chi connectivity index (χ3n) is 5.31. The Morgan fingerprint density at radius 2 is 2.17 bits per heavy atom. The Morgan fingerprint density at radius 3 is 2.96 bits per heavy atom. The van der Waals surface area contributed by atoms with Gasteiger partial charge in [-0.3, -0.25) is 4.79 Å². The van der Waals surface area contributed by atoms with Crippen molar-refractivity contribution < 1.29 is 4.79 Å². The number of carbonyl (C=O) groups excluding carboxylic acids is 1. The van der Waals surface area contributed by atoms with Gasteiger partial charge in [0.25, 0.3) is 0 Å². The lowest BCUT2D eigenvalue weighted by atomic mass is 9.93. The van der Waals surface area contributed by atoms with Crippen LogP contribution in [0, 0.1) is 5.92 Å². The maximum absolute atomic E-state index is 12.5. The van der Waals surface area contributed by atoms with Crippen molar-refractivity contribution >= 4 is 17.2 Å². The van der Waals surface area contributed by atoms with Crippen molar-refractivity contribution in [2.45, 2.75) is 38.6 Å². The Hall–Kier alpha value is -0.910. The van der Waals surface area contributed by atoms with Crippen LogP contribution in [0.25, 0.3) is 0 Å². The Bertz CT molecular complexity index is 508. The normalized spacial score (nSPS) is 19.8. The van der Waals surface area contributed by atoms with E-state index in [0.29, 0.717) is 12.3 Å². The number of rotatable bonds is 6. The molecule has 2 aliphatic rings. The number of piperidine rings is 1. The van der Waals surface area contributed by atoms with E-state index in [1.807, 2.05) is 18.4 Å². The van der Waals surface area contributed by atoms with E-state index >= 15 is 0 Å². The van der Waals surface area contributed by atoms with Gasteiger partial charge in [-0.15, -0.1) is 11.3 Å². The number of likely N-dealkylation sites (tertiary alicyclic amines) is 1. The monoisotopic (exact) mass is 335 g/mol. The van der Waals surface area contributed by atoms with Crippen LogP contribution in [0.5, 0.6) is 0 Å². The Balaban J connectivity index is 1.37. The number of thiophene rings is 1. The van der Waals surface area contributed by atoms with Crippen LogP contribution in [0.2, 0.25) is 0 Å². The first-order valence-corrected chi connectivity index (χ1v) is 9.84. The number of hydrogen-bond donors (Lipinski definition) is 1. The number of hydrogen-bond acceptors (Lipinski definition) is 4. The van der Waals surface area contributed by atoms with Crippen molar-refractivity contribution in [2.75, 3.05) is 39.8 Å². The summed E-state index contributed by atoms with van der Waals surface area (Å²) in [5.41, 5.74) is 1.36. The molecule has 0 aromatic carbocycles. The molecular weight excluding hydrogens is 306 g/mol. The molecule has 3 rings (SSSR count). The summed E-state index contributed by atoms with van der Waals surface area (Å²) < 4.78 is 0. The van der Waals surface area contributed by atoms with E-state index in [0.717, 1.165) is 51.6 Å². The van der Waals surface area contributed by atoms with Crippen LogP contribution >= 0.6 is 11.3 Å². The van der Waals surface area contributed by atoms with Crippen molar-refractivity contribution in [3.8, 4) is 0 Å². The Kier molecular flexibility index (Phi) is 6.08. The summed E-state index contributed by atoms with van der Waals surface area (Å²) in [5.74, 6) is 1.20. The van der Waals surface area contributed by atoms with Crippen LogP contribution in [0.3, 0.4) is 0 Å². The highest BCUT2D eigenvalue weighted by atomic mass is 32.1. The standard InChI is InChI=1S/C18H29N3OS/c1-19-8-2-15-3-9-20(10-4-15)11-6-18(22)21-12-5-17-16(14-21)7-13-23-17/h7,13,15,19H,2-6,8-12,14H2,1H3. The molecule has 2 aliphatic heterocycles. The molecule has 0 atom stereocenters. The fourth-order valence-electron chi connectivity index (χ4n) is 3.72. The van der Waals surface area contributed by atoms with Gasteiger partial charge >= 0.3 is 0 Å². The van der Waals surface area contributed by atoms with Gasteiger partial charge in [-0.2, -0.15) is 0 Å². The van der Waals surface area contributed by atoms with E-state index in [9.17, 15) is 4.79 Å². The predicted molar refractivity (Wildman–Crippen MR) is 95.8 cm³/mol. The lowest BCUT2D eigenvalue weighted by molar-refractivity contribution is -0.132. The Morgan fingerprint density at radius 1 is 1.35 bits per heavy atom. The SMILES string of the molecule is CNCCC1CCN(CCC(=O)N2CCc3sccc3C2)CC1. The third-order valence-corrected chi connectivity index (χ3v) is 6.34. The molecule has 1 amide bonds. The van der Waals surface area contributed by atoms with Crippen molar-refractivity contribution in [3.63, 3.8) is 0 Å². The minimum atomic E-state index is 0.333. The zero-order valence-corrected chi connectivity index (χ0v) is 15.0. The molecular formula is C18H29N3OS. The molecule has 1 aromatic heterocycles. The van der Waals surface area contributed by atoms with Crippen molar-refractivity contribution in [1.29, 1.82) is 0 Å². The van der Waals surface area contributed by atoms with Crippen LogP contribution < -0.4 is 5.32 Å². The smallest absolute Gasteiger partial charge is 0.224 e. The number of nitrogens with zero attached hydrogens (tertiary/aromatic N) is 2. The molecule has 128 valence electrons. The maximum atomic E-state index is 12.5. The molecule has 1 aromatic rings.